The van der Waals surface area contributed by atoms with Crippen LogP contribution in [0.2, 0.25) is 0 Å². The number of amides is 4. The number of fused-ring (bicyclic) bond motifs is 1. The van der Waals surface area contributed by atoms with Gasteiger partial charge >= 0.3 is 6.09 Å². The first-order valence-corrected chi connectivity index (χ1v) is 23.2. The number of ether oxygens (including phenoxy) is 3. The van der Waals surface area contributed by atoms with Crippen molar-refractivity contribution in [2.75, 3.05) is 13.7 Å². The molecule has 1 saturated heterocycles. The normalized spacial score (nSPS) is 21.2. The highest BCUT2D eigenvalue weighted by Crippen LogP contribution is 2.49. The fourth-order valence-electron chi connectivity index (χ4n) is 8.59. The van der Waals surface area contributed by atoms with Crippen LogP contribution in [0.1, 0.15) is 52.0 Å². The zero-order chi connectivity index (χ0) is 47.0. The molecule has 66 heavy (non-hydrogen) atoms. The average molecular weight is 918 g/mol. The molecule has 3 fully saturated rings. The maximum absolute atomic E-state index is 14.9. The number of methoxy groups -OCH3 is 1. The van der Waals surface area contributed by atoms with E-state index in [0.29, 0.717) is 40.9 Å². The third-order valence-corrected chi connectivity index (χ3v) is 14.8. The second-order valence-corrected chi connectivity index (χ2v) is 20.4. The summed E-state index contributed by atoms with van der Waals surface area (Å²) in [6.07, 6.45) is 0.670. The third kappa shape index (κ3) is 9.46. The van der Waals surface area contributed by atoms with Gasteiger partial charge in [-0.05, 0) is 73.1 Å². The van der Waals surface area contributed by atoms with Gasteiger partial charge in [-0.1, -0.05) is 87.5 Å². The van der Waals surface area contributed by atoms with E-state index in [9.17, 15) is 32.0 Å². The first-order chi connectivity index (χ1) is 31.4. The molecule has 5 atom stereocenters. The number of likely N-dealkylation sites (tertiary alicyclic amines) is 1. The maximum atomic E-state index is 14.9. The van der Waals surface area contributed by atoms with Gasteiger partial charge in [0.1, 0.15) is 46.8 Å². The molecular weight excluding hydrogens is 866 g/mol. The van der Waals surface area contributed by atoms with Gasteiger partial charge in [-0.2, -0.15) is 0 Å². The summed E-state index contributed by atoms with van der Waals surface area (Å²) in [6.45, 7) is 8.93. The van der Waals surface area contributed by atoms with Gasteiger partial charge in [0.2, 0.25) is 21.8 Å². The predicted molar refractivity (Wildman–Crippen MR) is 245 cm³/mol. The molecule has 3 aliphatic rings. The molecule has 8 rings (SSSR count). The van der Waals surface area contributed by atoms with E-state index in [2.05, 4.69) is 21.9 Å². The third-order valence-electron chi connectivity index (χ3n) is 12.6. The molecule has 1 aliphatic heterocycles. The van der Waals surface area contributed by atoms with E-state index in [1.54, 1.807) is 46.1 Å². The Morgan fingerprint density at radius 2 is 1.61 bits per heavy atom. The molecule has 16 heteroatoms. The molecule has 0 spiro atoms. The molecule has 4 amide bonds. The largest absolute Gasteiger partial charge is 0.497 e. The molecule has 2 saturated carbocycles. The second-order valence-electron chi connectivity index (χ2n) is 18.3. The Morgan fingerprint density at radius 1 is 0.939 bits per heavy atom. The number of carbonyl (C=O) groups is 4. The van der Waals surface area contributed by atoms with Crippen LogP contribution in [0.15, 0.2) is 122 Å². The number of hydrogen-bond acceptors (Lipinski definition) is 10. The minimum Gasteiger partial charge on any atom is -0.497 e. The van der Waals surface area contributed by atoms with Crippen molar-refractivity contribution < 1.29 is 46.2 Å². The first kappa shape index (κ1) is 45.7. The van der Waals surface area contributed by atoms with Crippen molar-refractivity contribution in [3.63, 3.8) is 0 Å². The lowest BCUT2D eigenvalue weighted by molar-refractivity contribution is -0.142. The van der Waals surface area contributed by atoms with Crippen molar-refractivity contribution in [2.45, 2.75) is 81.3 Å². The highest BCUT2D eigenvalue weighted by atomic mass is 32.2. The smallest absolute Gasteiger partial charge is 0.413 e. The van der Waals surface area contributed by atoms with Crippen LogP contribution in [0.5, 0.6) is 17.2 Å². The fraction of sp³-hybridized carbons (Fsp3) is 0.340. The number of carbonyl (C=O) groups excluding carboxylic acids is 4. The number of sulfonamides is 1. The van der Waals surface area contributed by atoms with Gasteiger partial charge < -0.3 is 29.7 Å². The summed E-state index contributed by atoms with van der Waals surface area (Å²) in [5.74, 6) is -2.37. The molecule has 2 heterocycles. The SMILES string of the molecule is C=C[C@@H]1C[C@]1(NC(=O)[C@@H]1C[C@@H](Oc2cc(-c3ccccc3)nc3cc(OC)ccc23)CN1C(=O)[C@@H](NC(=O)Oc1ccc(F)cc1)C(C)(C)C)C(=O)NS(=O)(=O)C1(Cc2ccccc2)CC1. The van der Waals surface area contributed by atoms with Gasteiger partial charge in [0, 0.05) is 35.4 Å². The van der Waals surface area contributed by atoms with Crippen molar-refractivity contribution in [3.8, 4) is 28.5 Å². The van der Waals surface area contributed by atoms with E-state index in [1.165, 1.54) is 23.1 Å². The molecule has 5 aromatic rings. The predicted octanol–water partition coefficient (Wildman–Crippen LogP) is 6.88. The highest BCUT2D eigenvalue weighted by Gasteiger charge is 2.63. The molecule has 4 aromatic carbocycles. The summed E-state index contributed by atoms with van der Waals surface area (Å²) in [4.78, 5) is 63.4. The van der Waals surface area contributed by atoms with Crippen LogP contribution in [0.25, 0.3) is 22.2 Å². The summed E-state index contributed by atoms with van der Waals surface area (Å²) < 4.78 is 60.2. The first-order valence-electron chi connectivity index (χ1n) is 21.7. The molecule has 0 unspecified atom stereocenters. The molecule has 3 N–H and O–H groups in total. The summed E-state index contributed by atoms with van der Waals surface area (Å²) in [5, 5.41) is 6.15. The zero-order valence-electron chi connectivity index (χ0n) is 37.1. The van der Waals surface area contributed by atoms with Crippen LogP contribution in [0.4, 0.5) is 9.18 Å². The second kappa shape index (κ2) is 17.9. The number of pyridine rings is 1. The van der Waals surface area contributed by atoms with Crippen LogP contribution in [-0.4, -0.2) is 84.2 Å². The quantitative estimate of drug-likeness (QED) is 0.0937. The van der Waals surface area contributed by atoms with Crippen LogP contribution >= 0.6 is 0 Å². The molecule has 0 bridgehead atoms. The molecule has 1 aromatic heterocycles. The van der Waals surface area contributed by atoms with Crippen molar-refractivity contribution in [3.05, 3.63) is 133 Å². The maximum Gasteiger partial charge on any atom is 0.413 e. The number of rotatable bonds is 15. The lowest BCUT2D eigenvalue weighted by Gasteiger charge is -2.35. The van der Waals surface area contributed by atoms with E-state index in [0.717, 1.165) is 23.3 Å². The fourth-order valence-corrected chi connectivity index (χ4v) is 10.2. The topological polar surface area (TPSA) is 182 Å². The average Bonchev–Trinajstić information content (AvgIpc) is 4.20. The lowest BCUT2D eigenvalue weighted by Crippen LogP contribution is -2.60. The van der Waals surface area contributed by atoms with Gasteiger partial charge in [0.15, 0.2) is 0 Å². The Labute approximate surface area is 383 Å². The van der Waals surface area contributed by atoms with Crippen LogP contribution < -0.4 is 29.6 Å². The van der Waals surface area contributed by atoms with Crippen LogP contribution in [0, 0.1) is 17.2 Å². The number of hydrogen-bond donors (Lipinski definition) is 3. The zero-order valence-corrected chi connectivity index (χ0v) is 37.9. The Morgan fingerprint density at radius 3 is 2.23 bits per heavy atom. The summed E-state index contributed by atoms with van der Waals surface area (Å²) in [6, 6.07) is 28.1. The summed E-state index contributed by atoms with van der Waals surface area (Å²) in [7, 11) is -2.65. The van der Waals surface area contributed by atoms with E-state index in [4.69, 9.17) is 19.2 Å². The van der Waals surface area contributed by atoms with Gasteiger partial charge in [0.25, 0.3) is 5.91 Å². The van der Waals surface area contributed by atoms with Crippen LogP contribution in [0.3, 0.4) is 0 Å². The van der Waals surface area contributed by atoms with Crippen molar-refractivity contribution in [1.29, 1.82) is 0 Å². The number of nitrogens with zero attached hydrogens (tertiary/aromatic N) is 2. The molecule has 344 valence electrons. The Bertz CT molecular complexity index is 2780. The van der Waals surface area contributed by atoms with Crippen molar-refractivity contribution in [2.24, 2.45) is 11.3 Å². The standard InChI is InChI=1S/C50H52FN5O9S/c1-6-33-29-50(33,46(59)55-66(61,62)49(23-24-49)28-31-13-9-7-10-14-31)54-44(57)41-26-37(30-56(41)45(58)43(48(2,3)4)53-47(60)65-35-19-17-34(51)18-20-35)64-42-27-39(32-15-11-8-12-16-32)52-40-25-36(63-5)21-22-38(40)42/h6-22,25,27,33,37,41,43H,1,23-24,26,28-30H2,2-5H3,(H,53,60)(H,54,57)(H,55,59)/t33-,37-,41+,43-,50-/m1/s1. The molecule has 14 nitrogen and oxygen atoms in total. The van der Waals surface area contributed by atoms with Crippen molar-refractivity contribution in [1.82, 2.24) is 25.2 Å². The summed E-state index contributed by atoms with van der Waals surface area (Å²) in [5.41, 5.74) is 0.199. The number of aromatic nitrogens is 1. The molecule has 2 aliphatic carbocycles. The number of benzene rings is 4. The van der Waals surface area contributed by atoms with Crippen LogP contribution in [-0.2, 0) is 30.8 Å². The van der Waals surface area contributed by atoms with Gasteiger partial charge in [-0.25, -0.2) is 22.6 Å². The van der Waals surface area contributed by atoms with E-state index in [-0.39, 0.29) is 31.6 Å². The molecule has 0 radical (unpaired) electrons. The summed E-state index contributed by atoms with van der Waals surface area (Å²) >= 11 is 0. The molecular formula is C50H52FN5O9S. The Balaban J connectivity index is 1.10. The minimum atomic E-state index is -4.21. The van der Waals surface area contributed by atoms with Gasteiger partial charge in [0.05, 0.1) is 29.6 Å². The van der Waals surface area contributed by atoms with Gasteiger partial charge in [-0.15, -0.1) is 6.58 Å². The van der Waals surface area contributed by atoms with Crippen molar-refractivity contribution >= 4 is 44.7 Å². The van der Waals surface area contributed by atoms with E-state index >= 15 is 0 Å². The van der Waals surface area contributed by atoms with E-state index < -0.39 is 79.5 Å². The minimum absolute atomic E-state index is 0.0393. The number of halogens is 1. The lowest BCUT2D eigenvalue weighted by atomic mass is 9.85. The Hall–Kier alpha value is -6.81. The Kier molecular flexibility index (Phi) is 12.4. The number of nitrogens with one attached hydrogen (secondary N) is 3. The monoisotopic (exact) mass is 917 g/mol. The highest BCUT2D eigenvalue weighted by molar-refractivity contribution is 7.91. The van der Waals surface area contributed by atoms with E-state index in [1.807, 2.05) is 66.7 Å². The van der Waals surface area contributed by atoms with Gasteiger partial charge in [-0.3, -0.25) is 19.1 Å².